The fourth-order valence-corrected chi connectivity index (χ4v) is 3.24. The summed E-state index contributed by atoms with van der Waals surface area (Å²) in [5, 5.41) is 0. The first-order valence-corrected chi connectivity index (χ1v) is 8.76. The van der Waals surface area contributed by atoms with Gasteiger partial charge in [0.15, 0.2) is 11.5 Å². The Kier molecular flexibility index (Phi) is 5.45. The van der Waals surface area contributed by atoms with Crippen molar-refractivity contribution in [2.75, 3.05) is 46.0 Å². The number of cyclic esters (lactones) is 1. The number of fused-ring (bicyclic) bond motifs is 1. The molecular weight excluding hydrogens is 308 g/mol. The summed E-state index contributed by atoms with van der Waals surface area (Å²) in [6.07, 6.45) is 0.805. The standard InChI is InChI=1S/C18H26N2O4/c1-3-22-16-11-14-5-6-19(7-8-20-9-10-24-18(20)21)13-15(14)12-17(16)23-4-2/h11-12H,3-10,13H2,1-2H3. The lowest BCUT2D eigenvalue weighted by atomic mass is 9.99. The number of ether oxygens (including phenoxy) is 3. The van der Waals surface area contributed by atoms with Crippen molar-refractivity contribution in [1.82, 2.24) is 9.80 Å². The molecule has 2 aliphatic rings. The number of carbonyl (C=O) groups is 1. The largest absolute Gasteiger partial charge is 0.490 e. The number of rotatable bonds is 7. The van der Waals surface area contributed by atoms with Gasteiger partial charge in [-0.25, -0.2) is 4.79 Å². The summed E-state index contributed by atoms with van der Waals surface area (Å²) in [6.45, 7) is 9.91. The van der Waals surface area contributed by atoms with E-state index in [1.54, 1.807) is 4.90 Å². The molecule has 0 aliphatic carbocycles. The Labute approximate surface area is 143 Å². The van der Waals surface area contributed by atoms with E-state index in [9.17, 15) is 4.79 Å². The van der Waals surface area contributed by atoms with Crippen LogP contribution in [0.15, 0.2) is 12.1 Å². The van der Waals surface area contributed by atoms with Crippen molar-refractivity contribution in [3.8, 4) is 11.5 Å². The first-order chi connectivity index (χ1) is 11.7. The molecular formula is C18H26N2O4. The summed E-state index contributed by atoms with van der Waals surface area (Å²) in [7, 11) is 0. The van der Waals surface area contributed by atoms with Gasteiger partial charge in [-0.3, -0.25) is 4.90 Å². The molecule has 24 heavy (non-hydrogen) atoms. The third kappa shape index (κ3) is 3.75. The molecule has 1 aromatic carbocycles. The van der Waals surface area contributed by atoms with Gasteiger partial charge in [0.25, 0.3) is 0 Å². The predicted molar refractivity (Wildman–Crippen MR) is 90.7 cm³/mol. The van der Waals surface area contributed by atoms with Gasteiger partial charge in [-0.15, -0.1) is 0 Å². The van der Waals surface area contributed by atoms with Crippen molar-refractivity contribution in [3.05, 3.63) is 23.3 Å². The lowest BCUT2D eigenvalue weighted by Crippen LogP contribution is -2.38. The average molecular weight is 334 g/mol. The molecule has 1 aromatic rings. The van der Waals surface area contributed by atoms with Crippen LogP contribution >= 0.6 is 0 Å². The molecule has 3 rings (SSSR count). The average Bonchev–Trinajstić information content (AvgIpc) is 2.99. The minimum Gasteiger partial charge on any atom is -0.490 e. The fourth-order valence-electron chi connectivity index (χ4n) is 3.24. The number of amides is 1. The molecule has 1 fully saturated rings. The number of benzene rings is 1. The Morgan fingerprint density at radius 1 is 1.04 bits per heavy atom. The summed E-state index contributed by atoms with van der Waals surface area (Å²) in [5.74, 6) is 1.66. The Morgan fingerprint density at radius 2 is 1.75 bits per heavy atom. The SMILES string of the molecule is CCOc1cc2c(cc1OCC)CN(CCN1CCOC1=O)CC2. The van der Waals surface area contributed by atoms with Crippen molar-refractivity contribution in [3.63, 3.8) is 0 Å². The number of nitrogens with zero attached hydrogens (tertiary/aromatic N) is 2. The van der Waals surface area contributed by atoms with Gasteiger partial charge in [-0.05, 0) is 43.5 Å². The van der Waals surface area contributed by atoms with Crippen LogP contribution in [0.5, 0.6) is 11.5 Å². The molecule has 1 saturated heterocycles. The minimum atomic E-state index is -0.188. The van der Waals surface area contributed by atoms with E-state index in [0.717, 1.165) is 44.1 Å². The summed E-state index contributed by atoms with van der Waals surface area (Å²) in [6, 6.07) is 4.24. The molecule has 0 N–H and O–H groups in total. The van der Waals surface area contributed by atoms with Gasteiger partial charge < -0.3 is 19.1 Å². The van der Waals surface area contributed by atoms with E-state index in [1.807, 2.05) is 13.8 Å². The van der Waals surface area contributed by atoms with E-state index >= 15 is 0 Å². The maximum atomic E-state index is 11.5. The fraction of sp³-hybridized carbons (Fsp3) is 0.611. The smallest absolute Gasteiger partial charge is 0.409 e. The Bertz CT molecular complexity index is 591. The van der Waals surface area contributed by atoms with Crippen LogP contribution in [0.1, 0.15) is 25.0 Å². The van der Waals surface area contributed by atoms with Gasteiger partial charge in [0.2, 0.25) is 0 Å². The molecule has 0 bridgehead atoms. The highest BCUT2D eigenvalue weighted by molar-refractivity contribution is 5.69. The van der Waals surface area contributed by atoms with Crippen molar-refractivity contribution in [1.29, 1.82) is 0 Å². The first kappa shape index (κ1) is 16.9. The normalized spacial score (nSPS) is 17.6. The zero-order chi connectivity index (χ0) is 16.9. The molecule has 0 aromatic heterocycles. The number of hydrogen-bond acceptors (Lipinski definition) is 5. The highest BCUT2D eigenvalue weighted by Gasteiger charge is 2.24. The van der Waals surface area contributed by atoms with Gasteiger partial charge in [-0.1, -0.05) is 0 Å². The quantitative estimate of drug-likeness (QED) is 0.766. The van der Waals surface area contributed by atoms with E-state index in [-0.39, 0.29) is 6.09 Å². The van der Waals surface area contributed by atoms with Gasteiger partial charge in [0.05, 0.1) is 19.8 Å². The van der Waals surface area contributed by atoms with E-state index in [2.05, 4.69) is 17.0 Å². The van der Waals surface area contributed by atoms with E-state index in [4.69, 9.17) is 14.2 Å². The zero-order valence-electron chi connectivity index (χ0n) is 14.5. The van der Waals surface area contributed by atoms with E-state index in [1.165, 1.54) is 11.1 Å². The van der Waals surface area contributed by atoms with Gasteiger partial charge >= 0.3 is 6.09 Å². The summed E-state index contributed by atoms with van der Waals surface area (Å²) in [5.41, 5.74) is 2.62. The maximum absolute atomic E-state index is 11.5. The van der Waals surface area contributed by atoms with Crippen molar-refractivity contribution in [2.24, 2.45) is 0 Å². The highest BCUT2D eigenvalue weighted by atomic mass is 16.6. The molecule has 2 heterocycles. The first-order valence-electron chi connectivity index (χ1n) is 8.76. The van der Waals surface area contributed by atoms with Crippen molar-refractivity contribution in [2.45, 2.75) is 26.8 Å². The molecule has 0 spiro atoms. The lowest BCUT2D eigenvalue weighted by Gasteiger charge is -2.30. The summed E-state index contributed by atoms with van der Waals surface area (Å²) < 4.78 is 16.4. The molecule has 0 radical (unpaired) electrons. The van der Waals surface area contributed by atoms with Gasteiger partial charge in [-0.2, -0.15) is 0 Å². The molecule has 0 saturated carbocycles. The zero-order valence-corrected chi connectivity index (χ0v) is 14.5. The number of hydrogen-bond donors (Lipinski definition) is 0. The second kappa shape index (κ2) is 7.75. The van der Waals surface area contributed by atoms with Gasteiger partial charge in [0.1, 0.15) is 6.61 Å². The van der Waals surface area contributed by atoms with Crippen LogP contribution in [-0.2, 0) is 17.7 Å². The van der Waals surface area contributed by atoms with E-state index < -0.39 is 0 Å². The second-order valence-corrected chi connectivity index (χ2v) is 6.06. The van der Waals surface area contributed by atoms with Crippen LogP contribution in [0.25, 0.3) is 0 Å². The molecule has 0 atom stereocenters. The second-order valence-electron chi connectivity index (χ2n) is 6.06. The molecule has 6 heteroatoms. The molecule has 132 valence electrons. The van der Waals surface area contributed by atoms with Crippen LogP contribution in [0.3, 0.4) is 0 Å². The van der Waals surface area contributed by atoms with Crippen LogP contribution in [0.4, 0.5) is 4.79 Å². The Balaban J connectivity index is 1.65. The molecule has 0 unspecified atom stereocenters. The van der Waals surface area contributed by atoms with Crippen LogP contribution in [0, 0.1) is 0 Å². The minimum absolute atomic E-state index is 0.188. The topological polar surface area (TPSA) is 51.2 Å². The van der Waals surface area contributed by atoms with Crippen LogP contribution in [0.2, 0.25) is 0 Å². The Hall–Kier alpha value is -1.95. The third-order valence-electron chi connectivity index (χ3n) is 4.49. The van der Waals surface area contributed by atoms with Crippen LogP contribution in [-0.4, -0.2) is 61.9 Å². The van der Waals surface area contributed by atoms with Crippen molar-refractivity contribution >= 4 is 6.09 Å². The molecule has 2 aliphatic heterocycles. The highest BCUT2D eigenvalue weighted by Crippen LogP contribution is 2.33. The Morgan fingerprint density at radius 3 is 2.38 bits per heavy atom. The van der Waals surface area contributed by atoms with E-state index in [0.29, 0.717) is 26.4 Å². The third-order valence-corrected chi connectivity index (χ3v) is 4.49. The molecule has 6 nitrogen and oxygen atoms in total. The van der Waals surface area contributed by atoms with Gasteiger partial charge in [0, 0.05) is 26.2 Å². The van der Waals surface area contributed by atoms with Crippen molar-refractivity contribution < 1.29 is 19.0 Å². The summed E-state index contributed by atoms with van der Waals surface area (Å²) >= 11 is 0. The summed E-state index contributed by atoms with van der Waals surface area (Å²) in [4.78, 5) is 15.7. The lowest BCUT2D eigenvalue weighted by molar-refractivity contribution is 0.152. The monoisotopic (exact) mass is 334 g/mol. The van der Waals surface area contributed by atoms with Crippen LogP contribution < -0.4 is 9.47 Å². The molecule has 1 amide bonds. The predicted octanol–water partition coefficient (Wildman–Crippen LogP) is 2.29. The maximum Gasteiger partial charge on any atom is 0.409 e. The number of carbonyl (C=O) groups excluding carboxylic acids is 1.